The molecule has 1 saturated heterocycles. The molecule has 3 heterocycles. The third-order valence-electron chi connectivity index (χ3n) is 18.3. The normalized spacial score (nSPS) is 23.1. The molecule has 2 aromatic rings. The minimum atomic E-state index is -2.47. The summed E-state index contributed by atoms with van der Waals surface area (Å²) in [6, 6.07) is -6.70. The zero-order valence-electron chi connectivity index (χ0n) is 57.2. The number of carboxylic acids is 1. The fourth-order valence-corrected chi connectivity index (χ4v) is 14.4. The van der Waals surface area contributed by atoms with Gasteiger partial charge in [0.2, 0.25) is 75.9 Å². The van der Waals surface area contributed by atoms with Crippen LogP contribution in [0.2, 0.25) is 0 Å². The zero-order chi connectivity index (χ0) is 73.2. The summed E-state index contributed by atoms with van der Waals surface area (Å²) in [6.07, 6.45) is 2.14. The average Bonchev–Trinajstić information content (AvgIpc) is 1.62. The van der Waals surface area contributed by atoms with Crippen molar-refractivity contribution in [3.05, 3.63) is 23.3 Å². The van der Waals surface area contributed by atoms with E-state index in [1.54, 1.807) is 32.9 Å². The number of carboxylic acid groups (broad SMARTS) is 1. The summed E-state index contributed by atoms with van der Waals surface area (Å²) in [6.45, 7) is 7.01. The lowest BCUT2D eigenvalue weighted by Crippen LogP contribution is -2.61. The number of unbranched alkanes of at least 4 members (excludes halogenated alkanes) is 3. The van der Waals surface area contributed by atoms with Gasteiger partial charge in [-0.05, 0) is 81.1 Å². The summed E-state index contributed by atoms with van der Waals surface area (Å²) >= 11 is -0.974. The van der Waals surface area contributed by atoms with Gasteiger partial charge in [0.1, 0.15) is 41.7 Å². The largest absolute Gasteiger partial charge is 0.610 e. The minimum Gasteiger partial charge on any atom is -0.610 e. The number of thioether (sulfide) groups is 1. The molecule has 12 amide bonds. The number of nitrogens with two attached hydrogens (primary N) is 2. The first kappa shape index (κ1) is 81.9. The van der Waals surface area contributed by atoms with E-state index in [-0.39, 0.29) is 64.7 Å². The zero-order valence-corrected chi connectivity index (χ0v) is 58.8. The number of benzene rings is 1. The Hall–Kier alpha value is -7.79. The molecule has 3 aliphatic rings. The van der Waals surface area contributed by atoms with Gasteiger partial charge < -0.3 is 98.9 Å². The molecule has 2 fully saturated rings. The monoisotopic (exact) mass is 1430 g/mol. The lowest BCUT2D eigenvalue weighted by Gasteiger charge is -2.32. The first-order chi connectivity index (χ1) is 47.0. The van der Waals surface area contributed by atoms with Crippen LogP contribution in [0.4, 0.5) is 0 Å². The number of methoxy groups -OCH3 is 1. The second kappa shape index (κ2) is 40.5. The van der Waals surface area contributed by atoms with E-state index in [1.807, 2.05) is 0 Å². The standard InChI is InChI=1S/C65H101N13O19S2/c1-7-34(3)54(75-50(83)8-2)61(91)71-29-53(86)72-45-33-99(96)63-41(26-43(57(67)87)73-62(92)55(36(5)47(81)31-79)76-60(90)46-25-39(80)30-78(46)64(93)44(27-49(66)82)74-59(45)89)40-19-20-48(97-6)42(56(40)77-63)32-98-23-13-12-21-68-51(84)14-10-9-11-22-69-58(88)38-17-15-37(16-18-38)28-70-52(85)24-35(4)65(94)95/h19-20,34-39,43-47,54-55,77,79-81H,7-18,21-33H2,1-6H3,(H2,66,82)(H2,67,87)(H,68,84)(H,69,88)(H,70,85)(H,71,91)(H,72,86)(H,73,92)(H,74,89)(H,75,83)(H,76,90)(H,94,95)/t34-,35?,36-,37?,38?,39+,43-,44-,45-,46-,47-,54-,55-,99?/m0/s1. The Morgan fingerprint density at radius 3 is 2.18 bits per heavy atom. The van der Waals surface area contributed by atoms with Crippen molar-refractivity contribution in [2.45, 2.75) is 197 Å². The molecular formula is C65H101N13O19S2. The fourth-order valence-electron chi connectivity index (χ4n) is 12.0. The number of aliphatic carboxylic acids is 1. The van der Waals surface area contributed by atoms with Gasteiger partial charge in [-0.15, -0.1) is 0 Å². The molecule has 99 heavy (non-hydrogen) atoms. The molecule has 0 spiro atoms. The van der Waals surface area contributed by atoms with Crippen LogP contribution in [0.15, 0.2) is 17.2 Å². The molecule has 1 saturated carbocycles. The summed E-state index contributed by atoms with van der Waals surface area (Å²) in [7, 11) is 1.43. The highest BCUT2D eigenvalue weighted by molar-refractivity contribution is 7.98. The van der Waals surface area contributed by atoms with Crippen molar-refractivity contribution in [2.24, 2.45) is 41.1 Å². The fraction of sp³-hybridized carbons (Fsp3) is 0.677. The number of carbonyl (C=O) groups is 13. The van der Waals surface area contributed by atoms with E-state index in [9.17, 15) is 77.6 Å². The van der Waals surface area contributed by atoms with Crippen molar-refractivity contribution in [2.75, 3.05) is 57.9 Å². The number of ether oxygens (including phenoxy) is 1. The number of aliphatic hydroxyl groups excluding tert-OH is 3. The van der Waals surface area contributed by atoms with Gasteiger partial charge in [0.15, 0.2) is 6.04 Å². The van der Waals surface area contributed by atoms with Gasteiger partial charge >= 0.3 is 5.97 Å². The Kier molecular flexibility index (Phi) is 33.5. The molecule has 0 bridgehead atoms. The molecule has 1 aromatic carbocycles. The summed E-state index contributed by atoms with van der Waals surface area (Å²) in [5.41, 5.74) is 12.6. The highest BCUT2D eigenvalue weighted by atomic mass is 32.2. The van der Waals surface area contributed by atoms with E-state index in [1.165, 1.54) is 32.7 Å². The summed E-state index contributed by atoms with van der Waals surface area (Å²) in [4.78, 5) is 177. The van der Waals surface area contributed by atoms with E-state index in [0.29, 0.717) is 99.0 Å². The van der Waals surface area contributed by atoms with Gasteiger partial charge in [-0.2, -0.15) is 11.8 Å². The van der Waals surface area contributed by atoms with Crippen LogP contribution in [0.25, 0.3) is 10.9 Å². The number of aromatic amines is 1. The topological polar surface area (TPSA) is 514 Å². The third kappa shape index (κ3) is 24.8. The Labute approximate surface area is 582 Å². The molecule has 32 nitrogen and oxygen atoms in total. The van der Waals surface area contributed by atoms with Crippen molar-refractivity contribution in [1.29, 1.82) is 0 Å². The third-order valence-corrected chi connectivity index (χ3v) is 20.8. The van der Waals surface area contributed by atoms with Crippen molar-refractivity contribution in [3.63, 3.8) is 0 Å². The van der Waals surface area contributed by atoms with Crippen LogP contribution in [0.5, 0.6) is 5.75 Å². The van der Waals surface area contributed by atoms with Gasteiger partial charge in [0.05, 0.1) is 50.3 Å². The SMILES string of the molecule is CCC(=O)N[C@H](C(=O)NCC(=O)N[C@H]1C[S+]([O-])c2[nH]c3c(CSCCCCNC(=O)CCCCCNC(=O)C4CCC(CNC(=O)CC(C)C(=O)O)CC4)c(OC)ccc3c2C[C@@H](C(N)=O)NC(=O)[C@H]([C@@H](C)[C@@H](O)CO)NC(=O)[C@@H]2C[C@@H](O)CN2C(=O)[C@H](CC(N)=O)NC1=O)[C@@H](C)CC. The number of H-pyrrole nitrogens is 1. The molecule has 1 aromatic heterocycles. The molecule has 2 aliphatic heterocycles. The highest BCUT2D eigenvalue weighted by Crippen LogP contribution is 2.37. The predicted molar refractivity (Wildman–Crippen MR) is 363 cm³/mol. The summed E-state index contributed by atoms with van der Waals surface area (Å²) in [5, 5.41) is 64.7. The minimum absolute atomic E-state index is 0.01000. The molecule has 1 aliphatic carbocycles. The highest BCUT2D eigenvalue weighted by Gasteiger charge is 2.46. The van der Waals surface area contributed by atoms with Gasteiger partial charge in [-0.3, -0.25) is 62.3 Å². The lowest BCUT2D eigenvalue weighted by atomic mass is 9.81. The number of primary amides is 2. The molecule has 552 valence electrons. The number of carbonyl (C=O) groups excluding carboxylic acids is 12. The molecule has 18 N–H and O–H groups in total. The second-order valence-electron chi connectivity index (χ2n) is 25.8. The Morgan fingerprint density at radius 2 is 1.54 bits per heavy atom. The van der Waals surface area contributed by atoms with Crippen LogP contribution >= 0.6 is 11.8 Å². The van der Waals surface area contributed by atoms with Crippen LogP contribution in [0, 0.1) is 29.6 Å². The molecule has 12 atom stereocenters. The first-order valence-corrected chi connectivity index (χ1v) is 36.3. The van der Waals surface area contributed by atoms with Crippen molar-refractivity contribution < 1.29 is 92.0 Å². The molecular weight excluding hydrogens is 1330 g/mol. The Bertz CT molecular complexity index is 3170. The number of aliphatic hydroxyl groups is 3. The number of nitrogens with one attached hydrogen (secondary N) is 10. The maximum Gasteiger partial charge on any atom is 0.306 e. The van der Waals surface area contributed by atoms with Crippen LogP contribution in [-0.2, 0) is 85.7 Å². The second-order valence-corrected chi connectivity index (χ2v) is 28.3. The predicted octanol–water partition coefficient (Wildman–Crippen LogP) is -2.01. The van der Waals surface area contributed by atoms with E-state index >= 15 is 4.55 Å². The van der Waals surface area contributed by atoms with E-state index in [2.05, 4.69) is 52.8 Å². The Morgan fingerprint density at radius 1 is 0.838 bits per heavy atom. The van der Waals surface area contributed by atoms with Gasteiger partial charge in [0, 0.05) is 104 Å². The van der Waals surface area contributed by atoms with Crippen LogP contribution in [-0.4, -0.2) is 218 Å². The number of rotatable bonds is 34. The number of aromatic nitrogens is 1. The van der Waals surface area contributed by atoms with E-state index in [4.69, 9.17) is 21.3 Å². The number of hydrogen-bond donors (Lipinski definition) is 16. The molecule has 0 radical (unpaired) electrons. The quantitative estimate of drug-likeness (QED) is 0.0266. The van der Waals surface area contributed by atoms with Gasteiger partial charge in [-0.1, -0.05) is 47.5 Å². The maximum absolute atomic E-state index is 15.3. The first-order valence-electron chi connectivity index (χ1n) is 33.8. The van der Waals surface area contributed by atoms with E-state index in [0.717, 1.165) is 24.2 Å². The smallest absolute Gasteiger partial charge is 0.306 e. The number of nitrogens with zero attached hydrogens (tertiary/aromatic N) is 1. The number of hydrogen-bond acceptors (Lipinski definition) is 19. The van der Waals surface area contributed by atoms with Crippen LogP contribution in [0.1, 0.15) is 142 Å². The van der Waals surface area contributed by atoms with Crippen molar-refractivity contribution in [3.8, 4) is 5.75 Å². The number of amides is 12. The lowest BCUT2D eigenvalue weighted by molar-refractivity contribution is -0.144. The molecule has 5 rings (SSSR count). The summed E-state index contributed by atoms with van der Waals surface area (Å²) < 4.78 is 21.1. The summed E-state index contributed by atoms with van der Waals surface area (Å²) in [5.74, 6) is -12.3. The van der Waals surface area contributed by atoms with Gasteiger partial charge in [0.25, 0.3) is 0 Å². The van der Waals surface area contributed by atoms with Crippen LogP contribution < -0.4 is 64.1 Å². The van der Waals surface area contributed by atoms with Crippen molar-refractivity contribution in [1.82, 2.24) is 57.7 Å². The maximum atomic E-state index is 15.3. The van der Waals surface area contributed by atoms with Crippen LogP contribution in [0.3, 0.4) is 0 Å². The molecule has 34 heteroatoms. The van der Waals surface area contributed by atoms with Crippen molar-refractivity contribution >= 4 is 111 Å². The average molecular weight is 1430 g/mol. The Balaban J connectivity index is 1.33. The van der Waals surface area contributed by atoms with E-state index < -0.39 is 175 Å². The molecule has 2 unspecified atom stereocenters. The number of fused-ring (bicyclic) bond motifs is 4. The van der Waals surface area contributed by atoms with Gasteiger partial charge in [-0.25, -0.2) is 0 Å².